The molecule has 0 unspecified atom stereocenters. The normalized spacial score (nSPS) is 11.2. The highest BCUT2D eigenvalue weighted by Crippen LogP contribution is 2.22. The van der Waals surface area contributed by atoms with Gasteiger partial charge in [-0.1, -0.05) is 36.4 Å². The second-order valence-electron chi connectivity index (χ2n) is 8.19. The summed E-state index contributed by atoms with van der Waals surface area (Å²) in [5.74, 6) is -0.151. The number of carbonyl (C=O) groups is 1. The van der Waals surface area contributed by atoms with E-state index in [1.165, 1.54) is 0 Å². The quantitative estimate of drug-likeness (QED) is 0.408. The number of pyridine rings is 1. The van der Waals surface area contributed by atoms with Crippen LogP contribution in [-0.4, -0.2) is 15.5 Å². The van der Waals surface area contributed by atoms with Crippen molar-refractivity contribution in [2.24, 2.45) is 0 Å². The second kappa shape index (κ2) is 7.85. The topological polar surface area (TPSA) is 66.9 Å². The molecule has 0 atom stereocenters. The molecule has 5 aromatic rings. The number of carbonyl (C=O) groups excluding carboxylic acids is 1. The highest BCUT2D eigenvalue weighted by molar-refractivity contribution is 5.95. The molecule has 5 heteroatoms. The zero-order chi connectivity index (χ0) is 22.2. The number of aromatic amines is 1. The SMILES string of the molecule is Cc1ccc2c(=O)c(-c3ccccc3)cn(CC(=O)Nc3ccc4[nH]c(C)cc4c3)c2c1. The van der Waals surface area contributed by atoms with Crippen LogP contribution in [-0.2, 0) is 11.3 Å². The molecule has 0 aliphatic rings. The molecule has 2 heterocycles. The summed E-state index contributed by atoms with van der Waals surface area (Å²) in [5, 5.41) is 4.65. The van der Waals surface area contributed by atoms with Crippen molar-refractivity contribution in [3.63, 3.8) is 0 Å². The lowest BCUT2D eigenvalue weighted by molar-refractivity contribution is -0.116. The van der Waals surface area contributed by atoms with Crippen LogP contribution >= 0.6 is 0 Å². The third-order valence-corrected chi connectivity index (χ3v) is 5.67. The average Bonchev–Trinajstić information content (AvgIpc) is 3.15. The molecule has 0 bridgehead atoms. The molecule has 0 spiro atoms. The Balaban J connectivity index is 1.53. The molecule has 3 aromatic carbocycles. The Morgan fingerprint density at radius 1 is 0.969 bits per heavy atom. The summed E-state index contributed by atoms with van der Waals surface area (Å²) < 4.78 is 1.86. The molecule has 0 aliphatic heterocycles. The van der Waals surface area contributed by atoms with Crippen LogP contribution in [0.3, 0.4) is 0 Å². The van der Waals surface area contributed by atoms with Crippen molar-refractivity contribution in [2.45, 2.75) is 20.4 Å². The van der Waals surface area contributed by atoms with Gasteiger partial charge in [0.1, 0.15) is 6.54 Å². The predicted molar refractivity (Wildman–Crippen MR) is 130 cm³/mol. The summed E-state index contributed by atoms with van der Waals surface area (Å²) in [6.45, 7) is 4.09. The molecule has 2 aromatic heterocycles. The van der Waals surface area contributed by atoms with Gasteiger partial charge in [-0.15, -0.1) is 0 Å². The van der Waals surface area contributed by atoms with Crippen LogP contribution < -0.4 is 10.7 Å². The monoisotopic (exact) mass is 421 g/mol. The summed E-state index contributed by atoms with van der Waals surface area (Å²) in [6, 6.07) is 23.1. The lowest BCUT2D eigenvalue weighted by Crippen LogP contribution is -2.21. The van der Waals surface area contributed by atoms with Crippen molar-refractivity contribution in [2.75, 3.05) is 5.32 Å². The van der Waals surface area contributed by atoms with Gasteiger partial charge >= 0.3 is 0 Å². The first-order valence-electron chi connectivity index (χ1n) is 10.6. The van der Waals surface area contributed by atoms with Gasteiger partial charge < -0.3 is 14.9 Å². The van der Waals surface area contributed by atoms with Gasteiger partial charge in [0, 0.05) is 39.4 Å². The molecule has 5 rings (SSSR count). The van der Waals surface area contributed by atoms with Crippen LogP contribution in [0.5, 0.6) is 0 Å². The number of fused-ring (bicyclic) bond motifs is 2. The van der Waals surface area contributed by atoms with Gasteiger partial charge in [0.2, 0.25) is 5.91 Å². The van der Waals surface area contributed by atoms with Crippen molar-refractivity contribution < 1.29 is 4.79 Å². The van der Waals surface area contributed by atoms with Crippen LogP contribution in [0, 0.1) is 13.8 Å². The number of nitrogens with zero attached hydrogens (tertiary/aromatic N) is 1. The number of H-pyrrole nitrogens is 1. The minimum absolute atomic E-state index is 0.0314. The summed E-state index contributed by atoms with van der Waals surface area (Å²) in [5.41, 5.74) is 6.03. The van der Waals surface area contributed by atoms with Gasteiger partial charge in [-0.05, 0) is 61.4 Å². The zero-order valence-electron chi connectivity index (χ0n) is 18.0. The minimum atomic E-state index is -0.151. The van der Waals surface area contributed by atoms with Crippen LogP contribution in [0.4, 0.5) is 5.69 Å². The van der Waals surface area contributed by atoms with Crippen molar-refractivity contribution in [3.8, 4) is 11.1 Å². The first-order chi connectivity index (χ1) is 15.5. The molecule has 2 N–H and O–H groups in total. The van der Waals surface area contributed by atoms with E-state index in [9.17, 15) is 9.59 Å². The van der Waals surface area contributed by atoms with E-state index in [4.69, 9.17) is 0 Å². The Bertz CT molecular complexity index is 1530. The van der Waals surface area contributed by atoms with E-state index in [1.54, 1.807) is 6.20 Å². The maximum absolute atomic E-state index is 13.2. The first-order valence-corrected chi connectivity index (χ1v) is 10.6. The fourth-order valence-electron chi connectivity index (χ4n) is 4.17. The van der Waals surface area contributed by atoms with E-state index in [2.05, 4.69) is 16.4 Å². The van der Waals surface area contributed by atoms with E-state index in [1.807, 2.05) is 85.1 Å². The van der Waals surface area contributed by atoms with Crippen molar-refractivity contribution >= 4 is 33.4 Å². The standard InChI is InChI=1S/C27H23N3O2/c1-17-8-10-22-25(12-17)30(15-23(27(22)32)19-6-4-3-5-7-19)16-26(31)29-21-9-11-24-20(14-21)13-18(2)28-24/h3-15,28H,16H2,1-2H3,(H,29,31). The van der Waals surface area contributed by atoms with Crippen LogP contribution in [0.15, 0.2) is 83.8 Å². The van der Waals surface area contributed by atoms with Gasteiger partial charge in [0.25, 0.3) is 0 Å². The molecule has 32 heavy (non-hydrogen) atoms. The first kappa shape index (κ1) is 19.8. The second-order valence-corrected chi connectivity index (χ2v) is 8.19. The van der Waals surface area contributed by atoms with Crippen LogP contribution in [0.1, 0.15) is 11.3 Å². The Labute approximate surface area is 185 Å². The van der Waals surface area contributed by atoms with Gasteiger partial charge in [-0.2, -0.15) is 0 Å². The Morgan fingerprint density at radius 3 is 2.59 bits per heavy atom. The summed E-state index contributed by atoms with van der Waals surface area (Å²) in [7, 11) is 0. The largest absolute Gasteiger partial charge is 0.359 e. The minimum Gasteiger partial charge on any atom is -0.359 e. The molecular formula is C27H23N3O2. The molecular weight excluding hydrogens is 398 g/mol. The number of aryl methyl sites for hydroxylation is 2. The molecule has 0 fully saturated rings. The number of amides is 1. The Morgan fingerprint density at radius 2 is 1.78 bits per heavy atom. The number of anilines is 1. The predicted octanol–water partition coefficient (Wildman–Crippen LogP) is 5.41. The lowest BCUT2D eigenvalue weighted by Gasteiger charge is -2.14. The van der Waals surface area contributed by atoms with Gasteiger partial charge in [-0.3, -0.25) is 9.59 Å². The van der Waals surface area contributed by atoms with Crippen molar-refractivity contribution in [1.82, 2.24) is 9.55 Å². The molecule has 0 saturated heterocycles. The fourth-order valence-corrected chi connectivity index (χ4v) is 4.17. The molecule has 0 saturated carbocycles. The molecule has 158 valence electrons. The number of nitrogens with one attached hydrogen (secondary N) is 2. The highest BCUT2D eigenvalue weighted by Gasteiger charge is 2.13. The third kappa shape index (κ3) is 3.69. The van der Waals surface area contributed by atoms with Gasteiger partial charge in [-0.25, -0.2) is 0 Å². The van der Waals surface area contributed by atoms with E-state index < -0.39 is 0 Å². The maximum atomic E-state index is 13.2. The zero-order valence-corrected chi connectivity index (χ0v) is 18.0. The number of hydrogen-bond donors (Lipinski definition) is 2. The van der Waals surface area contributed by atoms with E-state index >= 15 is 0 Å². The van der Waals surface area contributed by atoms with E-state index in [-0.39, 0.29) is 17.9 Å². The lowest BCUT2D eigenvalue weighted by atomic mass is 10.0. The molecule has 0 aliphatic carbocycles. The Hall–Kier alpha value is -4.12. The summed E-state index contributed by atoms with van der Waals surface area (Å²) in [4.78, 5) is 29.4. The molecule has 0 radical (unpaired) electrons. The highest BCUT2D eigenvalue weighted by atomic mass is 16.2. The number of aromatic nitrogens is 2. The van der Waals surface area contributed by atoms with E-state index in [0.29, 0.717) is 10.9 Å². The third-order valence-electron chi connectivity index (χ3n) is 5.67. The number of benzene rings is 3. The van der Waals surface area contributed by atoms with Gasteiger partial charge in [0.05, 0.1) is 5.52 Å². The van der Waals surface area contributed by atoms with Crippen LogP contribution in [0.25, 0.3) is 32.9 Å². The average molecular weight is 422 g/mol. The Kier molecular flexibility index (Phi) is 4.86. The molecule has 1 amide bonds. The van der Waals surface area contributed by atoms with Crippen LogP contribution in [0.2, 0.25) is 0 Å². The smallest absolute Gasteiger partial charge is 0.244 e. The van der Waals surface area contributed by atoms with Crippen molar-refractivity contribution in [1.29, 1.82) is 0 Å². The maximum Gasteiger partial charge on any atom is 0.244 e. The number of rotatable bonds is 4. The molecule has 5 nitrogen and oxygen atoms in total. The van der Waals surface area contributed by atoms with Gasteiger partial charge in [0.15, 0.2) is 5.43 Å². The summed E-state index contributed by atoms with van der Waals surface area (Å²) >= 11 is 0. The van der Waals surface area contributed by atoms with E-state index in [0.717, 1.165) is 38.9 Å². The summed E-state index contributed by atoms with van der Waals surface area (Å²) in [6.07, 6.45) is 1.79. The number of hydrogen-bond acceptors (Lipinski definition) is 2. The van der Waals surface area contributed by atoms with Crippen molar-refractivity contribution in [3.05, 3.63) is 100 Å². The fraction of sp³-hybridized carbons (Fsp3) is 0.111.